The molecule has 1 aromatic heterocycles. The van der Waals surface area contributed by atoms with E-state index >= 15 is 0 Å². The molecule has 1 N–H and O–H groups in total. The number of aliphatic carboxylic acids is 1. The number of ether oxygens (including phenoxy) is 2. The molecule has 0 saturated carbocycles. The molecule has 0 radical (unpaired) electrons. The smallest absolute Gasteiger partial charge is 0.344 e. The number of aryl methyl sites for hydroxylation is 1. The largest absolute Gasteiger partial charge is 0.490 e. The Morgan fingerprint density at radius 1 is 1.30 bits per heavy atom. The van der Waals surface area contributed by atoms with Gasteiger partial charge in [-0.05, 0) is 62.7 Å². The molecule has 0 unspecified atom stereocenters. The molecule has 156 valence electrons. The highest BCUT2D eigenvalue weighted by molar-refractivity contribution is 9.10. The fourth-order valence-electron chi connectivity index (χ4n) is 2.73. The zero-order valence-corrected chi connectivity index (χ0v) is 18.2. The Morgan fingerprint density at radius 3 is 2.77 bits per heavy atom. The number of nitrogens with zero attached hydrogens (tertiary/aromatic N) is 3. The molecule has 1 atom stereocenters. The van der Waals surface area contributed by atoms with E-state index in [9.17, 15) is 9.59 Å². The molecular formula is C21H20BrN3O5. The summed E-state index contributed by atoms with van der Waals surface area (Å²) in [4.78, 5) is 28.3. The van der Waals surface area contributed by atoms with Gasteiger partial charge in [-0.1, -0.05) is 15.9 Å². The topological polar surface area (TPSA) is 103 Å². The molecule has 30 heavy (non-hydrogen) atoms. The van der Waals surface area contributed by atoms with Crippen LogP contribution in [0.5, 0.6) is 11.5 Å². The van der Waals surface area contributed by atoms with E-state index in [1.54, 1.807) is 37.3 Å². The molecule has 0 fully saturated rings. The lowest BCUT2D eigenvalue weighted by Crippen LogP contribution is -2.23. The third kappa shape index (κ3) is 4.68. The van der Waals surface area contributed by atoms with Crippen molar-refractivity contribution in [3.8, 4) is 11.5 Å². The Balaban J connectivity index is 1.97. The van der Waals surface area contributed by atoms with Gasteiger partial charge >= 0.3 is 5.97 Å². The molecule has 3 aromatic rings. The zero-order valence-electron chi connectivity index (χ0n) is 16.6. The monoisotopic (exact) mass is 473 g/mol. The van der Waals surface area contributed by atoms with Crippen molar-refractivity contribution in [2.45, 2.75) is 26.9 Å². The first-order chi connectivity index (χ1) is 14.3. The lowest BCUT2D eigenvalue weighted by molar-refractivity contribution is -0.144. The van der Waals surface area contributed by atoms with Crippen LogP contribution in [0, 0.1) is 6.92 Å². The van der Waals surface area contributed by atoms with Crippen LogP contribution >= 0.6 is 15.9 Å². The van der Waals surface area contributed by atoms with Gasteiger partial charge in [-0.3, -0.25) is 4.79 Å². The summed E-state index contributed by atoms with van der Waals surface area (Å²) in [7, 11) is 0. The molecule has 1 heterocycles. The standard InChI is InChI=1S/C21H20BrN3O5/c1-4-29-19-9-14(5-8-18(19)30-12(2)21(27)28)11-23-25-13(3)24-17-7-6-15(22)10-16(17)20(25)26/h5-12H,4H2,1-3H3,(H,27,28)/t12-/m1/s1. The number of benzene rings is 2. The van der Waals surface area contributed by atoms with Crippen LogP contribution in [-0.4, -0.2) is 39.7 Å². The summed E-state index contributed by atoms with van der Waals surface area (Å²) in [6, 6.07) is 10.3. The molecule has 0 aliphatic carbocycles. The van der Waals surface area contributed by atoms with Gasteiger partial charge in [0.1, 0.15) is 5.82 Å². The van der Waals surface area contributed by atoms with Crippen LogP contribution in [0.1, 0.15) is 25.2 Å². The van der Waals surface area contributed by atoms with Crippen LogP contribution in [0.3, 0.4) is 0 Å². The minimum atomic E-state index is -1.08. The second kappa shape index (κ2) is 9.08. The molecule has 2 aromatic carbocycles. The summed E-state index contributed by atoms with van der Waals surface area (Å²) in [5, 5.41) is 13.8. The maximum Gasteiger partial charge on any atom is 0.344 e. The number of hydrogen-bond acceptors (Lipinski definition) is 6. The van der Waals surface area contributed by atoms with E-state index in [2.05, 4.69) is 26.0 Å². The first kappa shape index (κ1) is 21.5. The van der Waals surface area contributed by atoms with Crippen LogP contribution in [0.15, 0.2) is 50.8 Å². The zero-order chi connectivity index (χ0) is 21.8. The van der Waals surface area contributed by atoms with Gasteiger partial charge < -0.3 is 14.6 Å². The molecule has 9 heteroatoms. The first-order valence-corrected chi connectivity index (χ1v) is 9.99. The van der Waals surface area contributed by atoms with Gasteiger partial charge in [0, 0.05) is 4.47 Å². The van der Waals surface area contributed by atoms with Crippen LogP contribution < -0.4 is 15.0 Å². The van der Waals surface area contributed by atoms with Gasteiger partial charge in [0.2, 0.25) is 0 Å². The van der Waals surface area contributed by atoms with E-state index in [0.29, 0.717) is 40.4 Å². The number of carboxylic acid groups (broad SMARTS) is 1. The molecule has 0 bridgehead atoms. The summed E-state index contributed by atoms with van der Waals surface area (Å²) in [5.41, 5.74) is 0.963. The normalized spacial score (nSPS) is 12.3. The number of carbonyl (C=O) groups is 1. The lowest BCUT2D eigenvalue weighted by atomic mass is 10.2. The third-order valence-corrected chi connectivity index (χ3v) is 4.70. The summed E-state index contributed by atoms with van der Waals surface area (Å²) < 4.78 is 13.0. The van der Waals surface area contributed by atoms with Crippen LogP contribution in [0.25, 0.3) is 10.9 Å². The molecule has 0 spiro atoms. The number of halogens is 1. The van der Waals surface area contributed by atoms with Crippen molar-refractivity contribution < 1.29 is 19.4 Å². The molecule has 0 amide bonds. The van der Waals surface area contributed by atoms with Crippen LogP contribution in [0.4, 0.5) is 0 Å². The SMILES string of the molecule is CCOc1cc(C=Nn2c(C)nc3ccc(Br)cc3c2=O)ccc1O[C@H](C)C(=O)O. The minimum absolute atomic E-state index is 0.282. The van der Waals surface area contributed by atoms with Crippen LogP contribution in [0.2, 0.25) is 0 Å². The quantitative estimate of drug-likeness (QED) is 0.525. The van der Waals surface area contributed by atoms with Gasteiger partial charge in [0.25, 0.3) is 5.56 Å². The van der Waals surface area contributed by atoms with Crippen molar-refractivity contribution in [1.29, 1.82) is 0 Å². The molecule has 8 nitrogen and oxygen atoms in total. The van der Waals surface area contributed by atoms with Gasteiger partial charge in [0.15, 0.2) is 17.6 Å². The summed E-state index contributed by atoms with van der Waals surface area (Å²) in [6.45, 7) is 5.33. The van der Waals surface area contributed by atoms with Crippen molar-refractivity contribution >= 4 is 39.0 Å². The van der Waals surface area contributed by atoms with Crippen molar-refractivity contribution in [2.24, 2.45) is 5.10 Å². The second-order valence-corrected chi connectivity index (χ2v) is 7.34. The third-order valence-electron chi connectivity index (χ3n) is 4.21. The van der Waals surface area contributed by atoms with Gasteiger partial charge in [0.05, 0.1) is 23.7 Å². The van der Waals surface area contributed by atoms with Crippen molar-refractivity contribution in [3.05, 3.63) is 62.6 Å². The number of rotatable bonds is 7. The van der Waals surface area contributed by atoms with Gasteiger partial charge in [-0.15, -0.1) is 0 Å². The van der Waals surface area contributed by atoms with Crippen molar-refractivity contribution in [2.75, 3.05) is 6.61 Å². The average molecular weight is 474 g/mol. The van der Waals surface area contributed by atoms with E-state index in [-0.39, 0.29) is 5.56 Å². The Kier molecular flexibility index (Phi) is 6.51. The highest BCUT2D eigenvalue weighted by Gasteiger charge is 2.16. The molecule has 0 aliphatic rings. The first-order valence-electron chi connectivity index (χ1n) is 9.19. The number of carboxylic acids is 1. The summed E-state index contributed by atoms with van der Waals surface area (Å²) in [5.74, 6) is 0.0772. The maximum atomic E-state index is 12.8. The molecule has 0 aliphatic heterocycles. The second-order valence-electron chi connectivity index (χ2n) is 6.42. The lowest BCUT2D eigenvalue weighted by Gasteiger charge is -2.15. The molecular weight excluding hydrogens is 454 g/mol. The summed E-state index contributed by atoms with van der Waals surface area (Å²) >= 11 is 3.36. The Labute approximate surface area is 180 Å². The van der Waals surface area contributed by atoms with E-state index in [1.165, 1.54) is 17.8 Å². The Hall–Kier alpha value is -3.20. The van der Waals surface area contributed by atoms with Crippen LogP contribution in [-0.2, 0) is 4.79 Å². The van der Waals surface area contributed by atoms with E-state index in [0.717, 1.165) is 4.47 Å². The van der Waals surface area contributed by atoms with Crippen molar-refractivity contribution in [1.82, 2.24) is 9.66 Å². The molecule has 3 rings (SSSR count). The molecule has 0 saturated heterocycles. The van der Waals surface area contributed by atoms with Gasteiger partial charge in [-0.2, -0.15) is 9.78 Å². The van der Waals surface area contributed by atoms with E-state index in [4.69, 9.17) is 14.6 Å². The Bertz CT molecular complexity index is 1190. The predicted octanol–water partition coefficient (Wildman–Crippen LogP) is 3.60. The fraction of sp³-hybridized carbons (Fsp3) is 0.238. The maximum absolute atomic E-state index is 12.8. The highest BCUT2D eigenvalue weighted by atomic mass is 79.9. The van der Waals surface area contributed by atoms with Crippen molar-refractivity contribution in [3.63, 3.8) is 0 Å². The Morgan fingerprint density at radius 2 is 2.07 bits per heavy atom. The average Bonchev–Trinajstić information content (AvgIpc) is 2.70. The minimum Gasteiger partial charge on any atom is -0.490 e. The number of fused-ring (bicyclic) bond motifs is 1. The predicted molar refractivity (Wildman–Crippen MR) is 117 cm³/mol. The number of aromatic nitrogens is 2. The van der Waals surface area contributed by atoms with E-state index < -0.39 is 12.1 Å². The summed E-state index contributed by atoms with van der Waals surface area (Å²) in [6.07, 6.45) is 0.486. The van der Waals surface area contributed by atoms with Gasteiger partial charge in [-0.25, -0.2) is 9.78 Å². The fourth-order valence-corrected chi connectivity index (χ4v) is 3.09. The number of hydrogen-bond donors (Lipinski definition) is 1. The highest BCUT2D eigenvalue weighted by Crippen LogP contribution is 2.29. The van der Waals surface area contributed by atoms with E-state index in [1.807, 2.05) is 13.0 Å².